The number of rotatable bonds is 4. The number of pyridine rings is 1. The maximum absolute atomic E-state index is 4.34. The van der Waals surface area contributed by atoms with Gasteiger partial charge in [0.25, 0.3) is 0 Å². The van der Waals surface area contributed by atoms with Crippen molar-refractivity contribution in [2.24, 2.45) is 0 Å². The molecule has 0 bridgehead atoms. The molecule has 1 aliphatic rings. The van der Waals surface area contributed by atoms with Crippen LogP contribution in [0.3, 0.4) is 0 Å². The highest BCUT2D eigenvalue weighted by molar-refractivity contribution is 5.79. The maximum atomic E-state index is 4.34. The summed E-state index contributed by atoms with van der Waals surface area (Å²) < 4.78 is 2.24. The van der Waals surface area contributed by atoms with Crippen molar-refractivity contribution >= 4 is 11.0 Å². The van der Waals surface area contributed by atoms with E-state index in [2.05, 4.69) is 43.3 Å². The molecule has 2 unspecified atom stereocenters. The average Bonchev–Trinajstić information content (AvgIpc) is 3.25. The summed E-state index contributed by atoms with van der Waals surface area (Å²) >= 11 is 0. The Balaban J connectivity index is 1.49. The summed E-state index contributed by atoms with van der Waals surface area (Å²) in [6.07, 6.45) is 13.5. The standard InChI is InChI=1S/C16H19N5/c1-4-14(15(5-1)21-8-7-17-11-21)19-9-12-10-20-16-13(12)3-2-6-18-16/h2-3,6-8,10-11,14-15,19H,1,4-5,9H2,(H,18,20). The van der Waals surface area contributed by atoms with Crippen LogP contribution in [-0.4, -0.2) is 25.6 Å². The molecule has 1 aliphatic carbocycles. The molecule has 3 aromatic rings. The first-order valence-corrected chi connectivity index (χ1v) is 7.53. The lowest BCUT2D eigenvalue weighted by atomic mass is 10.1. The zero-order chi connectivity index (χ0) is 14.1. The summed E-state index contributed by atoms with van der Waals surface area (Å²) in [4.78, 5) is 11.8. The van der Waals surface area contributed by atoms with Crippen LogP contribution in [0.15, 0.2) is 43.2 Å². The van der Waals surface area contributed by atoms with Crippen LogP contribution in [0.1, 0.15) is 30.9 Å². The van der Waals surface area contributed by atoms with Crippen LogP contribution in [0.4, 0.5) is 0 Å². The summed E-state index contributed by atoms with van der Waals surface area (Å²) in [5, 5.41) is 4.93. The third-order valence-corrected chi connectivity index (χ3v) is 4.48. The minimum atomic E-state index is 0.515. The van der Waals surface area contributed by atoms with E-state index in [1.54, 1.807) is 0 Å². The SMILES string of the molecule is c1cnc2[nH]cc(CNC3CCCC3n3ccnc3)c2c1. The Morgan fingerprint density at radius 2 is 2.33 bits per heavy atom. The number of nitrogens with zero attached hydrogens (tertiary/aromatic N) is 3. The molecule has 0 aromatic carbocycles. The summed E-state index contributed by atoms with van der Waals surface area (Å²) in [5.74, 6) is 0. The molecular weight excluding hydrogens is 262 g/mol. The Morgan fingerprint density at radius 1 is 1.33 bits per heavy atom. The van der Waals surface area contributed by atoms with Crippen molar-refractivity contribution in [1.82, 2.24) is 24.8 Å². The number of aromatic nitrogens is 4. The van der Waals surface area contributed by atoms with Crippen molar-refractivity contribution in [2.75, 3.05) is 0 Å². The van der Waals surface area contributed by atoms with Crippen molar-refractivity contribution in [2.45, 2.75) is 37.9 Å². The summed E-state index contributed by atoms with van der Waals surface area (Å²) in [5.41, 5.74) is 2.25. The lowest BCUT2D eigenvalue weighted by Crippen LogP contribution is -2.33. The van der Waals surface area contributed by atoms with Gasteiger partial charge in [-0.1, -0.05) is 0 Å². The van der Waals surface area contributed by atoms with Crippen LogP contribution in [0, 0.1) is 0 Å². The molecule has 0 amide bonds. The second-order valence-corrected chi connectivity index (χ2v) is 5.71. The van der Waals surface area contributed by atoms with E-state index >= 15 is 0 Å². The predicted octanol–water partition coefficient (Wildman–Crippen LogP) is 2.64. The van der Waals surface area contributed by atoms with Crippen LogP contribution in [0.5, 0.6) is 0 Å². The van der Waals surface area contributed by atoms with E-state index in [9.17, 15) is 0 Å². The molecular formula is C16H19N5. The van der Waals surface area contributed by atoms with Crippen LogP contribution in [0.25, 0.3) is 11.0 Å². The summed E-state index contributed by atoms with van der Waals surface area (Å²) in [7, 11) is 0. The molecule has 3 heterocycles. The van der Waals surface area contributed by atoms with E-state index in [-0.39, 0.29) is 0 Å². The van der Waals surface area contributed by atoms with Gasteiger partial charge < -0.3 is 14.9 Å². The van der Waals surface area contributed by atoms with E-state index in [1.807, 2.05) is 24.8 Å². The zero-order valence-corrected chi connectivity index (χ0v) is 11.9. The molecule has 5 heteroatoms. The summed E-state index contributed by atoms with van der Waals surface area (Å²) in [6, 6.07) is 5.15. The van der Waals surface area contributed by atoms with Gasteiger partial charge in [0, 0.05) is 48.8 Å². The molecule has 0 saturated heterocycles. The van der Waals surface area contributed by atoms with Crippen molar-refractivity contribution in [3.8, 4) is 0 Å². The molecule has 21 heavy (non-hydrogen) atoms. The fraction of sp³-hybridized carbons (Fsp3) is 0.375. The number of hydrogen-bond acceptors (Lipinski definition) is 3. The Hall–Kier alpha value is -2.14. The topological polar surface area (TPSA) is 58.5 Å². The molecule has 4 rings (SSSR count). The normalized spacial score (nSPS) is 22.1. The fourth-order valence-electron chi connectivity index (χ4n) is 3.40. The molecule has 5 nitrogen and oxygen atoms in total. The molecule has 2 atom stereocenters. The third kappa shape index (κ3) is 2.34. The number of H-pyrrole nitrogens is 1. The zero-order valence-electron chi connectivity index (χ0n) is 11.9. The van der Waals surface area contributed by atoms with Gasteiger partial charge in [-0.15, -0.1) is 0 Å². The Labute approximate surface area is 123 Å². The molecule has 108 valence electrons. The van der Waals surface area contributed by atoms with E-state index in [0.29, 0.717) is 12.1 Å². The van der Waals surface area contributed by atoms with Gasteiger partial charge in [0.1, 0.15) is 5.65 Å². The Bertz CT molecular complexity index is 715. The van der Waals surface area contributed by atoms with Gasteiger partial charge in [-0.25, -0.2) is 9.97 Å². The van der Waals surface area contributed by atoms with Gasteiger partial charge in [-0.2, -0.15) is 0 Å². The van der Waals surface area contributed by atoms with Crippen LogP contribution >= 0.6 is 0 Å². The highest BCUT2D eigenvalue weighted by Crippen LogP contribution is 2.30. The lowest BCUT2D eigenvalue weighted by Gasteiger charge is -2.22. The first-order chi connectivity index (χ1) is 10.4. The number of fused-ring (bicyclic) bond motifs is 1. The van der Waals surface area contributed by atoms with Gasteiger partial charge in [0.2, 0.25) is 0 Å². The first kappa shape index (κ1) is 12.6. The van der Waals surface area contributed by atoms with Crippen molar-refractivity contribution < 1.29 is 0 Å². The minimum Gasteiger partial charge on any atom is -0.346 e. The predicted molar refractivity (Wildman–Crippen MR) is 81.8 cm³/mol. The molecule has 1 saturated carbocycles. The van der Waals surface area contributed by atoms with Crippen molar-refractivity contribution in [3.63, 3.8) is 0 Å². The van der Waals surface area contributed by atoms with Gasteiger partial charge in [-0.05, 0) is 37.0 Å². The molecule has 3 aromatic heterocycles. The number of aromatic amines is 1. The molecule has 0 aliphatic heterocycles. The molecule has 2 N–H and O–H groups in total. The van der Waals surface area contributed by atoms with E-state index in [1.165, 1.54) is 30.2 Å². The second-order valence-electron chi connectivity index (χ2n) is 5.71. The molecule has 0 spiro atoms. The van der Waals surface area contributed by atoms with E-state index < -0.39 is 0 Å². The second kappa shape index (κ2) is 5.33. The quantitative estimate of drug-likeness (QED) is 0.773. The number of nitrogens with one attached hydrogen (secondary N) is 2. The molecule has 1 fully saturated rings. The van der Waals surface area contributed by atoms with Gasteiger partial charge in [0.05, 0.1) is 6.33 Å². The highest BCUT2D eigenvalue weighted by atomic mass is 15.1. The highest BCUT2D eigenvalue weighted by Gasteiger charge is 2.27. The smallest absolute Gasteiger partial charge is 0.137 e. The Morgan fingerprint density at radius 3 is 3.24 bits per heavy atom. The number of imidazole rings is 1. The monoisotopic (exact) mass is 281 g/mol. The molecule has 0 radical (unpaired) electrons. The van der Waals surface area contributed by atoms with E-state index in [0.717, 1.165) is 12.2 Å². The van der Waals surface area contributed by atoms with Crippen molar-refractivity contribution in [3.05, 3.63) is 48.8 Å². The van der Waals surface area contributed by atoms with Crippen LogP contribution in [0.2, 0.25) is 0 Å². The van der Waals surface area contributed by atoms with Crippen molar-refractivity contribution in [1.29, 1.82) is 0 Å². The van der Waals surface area contributed by atoms with E-state index in [4.69, 9.17) is 0 Å². The van der Waals surface area contributed by atoms with Gasteiger partial charge in [-0.3, -0.25) is 0 Å². The average molecular weight is 281 g/mol. The first-order valence-electron chi connectivity index (χ1n) is 7.53. The lowest BCUT2D eigenvalue weighted by molar-refractivity contribution is 0.391. The number of hydrogen-bond donors (Lipinski definition) is 2. The third-order valence-electron chi connectivity index (χ3n) is 4.48. The van der Waals surface area contributed by atoms with Gasteiger partial charge in [0.15, 0.2) is 0 Å². The van der Waals surface area contributed by atoms with Crippen LogP contribution in [-0.2, 0) is 6.54 Å². The van der Waals surface area contributed by atoms with Gasteiger partial charge >= 0.3 is 0 Å². The summed E-state index contributed by atoms with van der Waals surface area (Å²) in [6.45, 7) is 0.877. The largest absolute Gasteiger partial charge is 0.346 e. The maximum Gasteiger partial charge on any atom is 0.137 e. The van der Waals surface area contributed by atoms with Crippen LogP contribution < -0.4 is 5.32 Å². The fourth-order valence-corrected chi connectivity index (χ4v) is 3.40. The minimum absolute atomic E-state index is 0.515. The Kier molecular flexibility index (Phi) is 3.20.